The number of aromatic nitrogens is 1. The van der Waals surface area contributed by atoms with Gasteiger partial charge in [-0.25, -0.2) is 0 Å². The normalized spacial score (nSPS) is 10.8. The van der Waals surface area contributed by atoms with Crippen molar-refractivity contribution in [2.45, 2.75) is 19.8 Å². The molecule has 0 aliphatic rings. The second-order valence-corrected chi connectivity index (χ2v) is 3.43. The quantitative estimate of drug-likeness (QED) is 0.405. The summed E-state index contributed by atoms with van der Waals surface area (Å²) in [5, 5.41) is 9.97. The first-order valence-corrected chi connectivity index (χ1v) is 5.28. The first-order valence-electron chi connectivity index (χ1n) is 5.28. The average Bonchev–Trinajstić information content (AvgIpc) is 2.25. The fourth-order valence-corrected chi connectivity index (χ4v) is 1.26. The molecule has 88 valence electrons. The van der Waals surface area contributed by atoms with Gasteiger partial charge in [-0.15, -0.1) is 0 Å². The van der Waals surface area contributed by atoms with Crippen molar-refractivity contribution in [3.63, 3.8) is 0 Å². The summed E-state index contributed by atoms with van der Waals surface area (Å²) in [7, 11) is 0. The van der Waals surface area contributed by atoms with Crippen molar-refractivity contribution >= 4 is 11.6 Å². The molecule has 0 unspecified atom stereocenters. The van der Waals surface area contributed by atoms with Crippen LogP contribution in [0.3, 0.4) is 0 Å². The Kier molecular flexibility index (Phi) is 4.44. The van der Waals surface area contributed by atoms with Gasteiger partial charge in [0.2, 0.25) is 0 Å². The van der Waals surface area contributed by atoms with Crippen LogP contribution in [0.25, 0.3) is 0 Å². The van der Waals surface area contributed by atoms with Crippen LogP contribution in [-0.4, -0.2) is 16.5 Å². The van der Waals surface area contributed by atoms with Crippen LogP contribution in [0.15, 0.2) is 29.3 Å². The molecule has 1 aromatic rings. The van der Waals surface area contributed by atoms with Crippen LogP contribution in [0.4, 0.5) is 11.6 Å². The van der Waals surface area contributed by atoms with Gasteiger partial charge in [0.1, 0.15) is 11.6 Å². The summed E-state index contributed by atoms with van der Waals surface area (Å²) in [6.07, 6.45) is 6.12. The third-order valence-electron chi connectivity index (χ3n) is 2.07. The van der Waals surface area contributed by atoms with E-state index in [0.717, 1.165) is 17.6 Å². The largest absolute Gasteiger partial charge is 0.425 e. The van der Waals surface area contributed by atoms with Crippen molar-refractivity contribution in [2.24, 2.45) is 4.99 Å². The van der Waals surface area contributed by atoms with Gasteiger partial charge in [-0.05, 0) is 12.8 Å². The average molecular weight is 222 g/mol. The molecule has 5 heteroatoms. The highest BCUT2D eigenvalue weighted by molar-refractivity contribution is 5.39. The highest BCUT2D eigenvalue weighted by Gasteiger charge is 1.97. The molecular weight excluding hydrogens is 204 g/mol. The van der Waals surface area contributed by atoms with E-state index in [1.54, 1.807) is 12.1 Å². The lowest BCUT2D eigenvalue weighted by molar-refractivity contribution is 0.197. The predicted octanol–water partition coefficient (Wildman–Crippen LogP) is 1.15. The van der Waals surface area contributed by atoms with E-state index in [0.29, 0.717) is 11.9 Å². The van der Waals surface area contributed by atoms with Crippen molar-refractivity contribution in [3.05, 3.63) is 29.6 Å². The fraction of sp³-hybridized carbons (Fsp3) is 0.364. The molecule has 0 atom stereocenters. The molecule has 5 nitrogen and oxygen atoms in total. The van der Waals surface area contributed by atoms with E-state index in [1.807, 2.05) is 0 Å². The van der Waals surface area contributed by atoms with E-state index < -0.39 is 0 Å². The lowest BCUT2D eigenvalue weighted by atomic mass is 10.3. The Morgan fingerprint density at radius 3 is 2.50 bits per heavy atom. The lowest BCUT2D eigenvalue weighted by Crippen LogP contribution is -2.14. The molecule has 0 aliphatic heterocycles. The fourth-order valence-electron chi connectivity index (χ4n) is 1.26. The Hall–Kier alpha value is -1.91. The van der Waals surface area contributed by atoms with Crippen molar-refractivity contribution in [1.82, 2.24) is 4.73 Å². The van der Waals surface area contributed by atoms with Crippen LogP contribution in [-0.2, 0) is 0 Å². The molecule has 1 heterocycles. The number of hydrogen-bond donors (Lipinski definition) is 3. The molecular formula is C11H18N4O. The summed E-state index contributed by atoms with van der Waals surface area (Å²) >= 11 is 0. The maximum Gasteiger partial charge on any atom is 0.144 e. The van der Waals surface area contributed by atoms with Crippen LogP contribution < -0.4 is 16.8 Å². The van der Waals surface area contributed by atoms with Crippen molar-refractivity contribution < 1.29 is 5.21 Å². The van der Waals surface area contributed by atoms with Crippen molar-refractivity contribution in [2.75, 3.05) is 18.0 Å². The number of nitrogens with two attached hydrogens (primary N) is 2. The van der Waals surface area contributed by atoms with Gasteiger partial charge in [-0.2, -0.15) is 4.73 Å². The summed E-state index contributed by atoms with van der Waals surface area (Å²) < 4.78 is 0.732. The summed E-state index contributed by atoms with van der Waals surface area (Å²) in [4.78, 5) is 4.31. The van der Waals surface area contributed by atoms with Crippen LogP contribution in [0.1, 0.15) is 19.8 Å². The van der Waals surface area contributed by atoms with E-state index in [2.05, 4.69) is 24.1 Å². The molecule has 0 aliphatic carbocycles. The lowest BCUT2D eigenvalue weighted by Gasteiger charge is -2.04. The minimum Gasteiger partial charge on any atom is -0.425 e. The van der Waals surface area contributed by atoms with E-state index in [9.17, 15) is 5.21 Å². The van der Waals surface area contributed by atoms with Crippen LogP contribution in [0.5, 0.6) is 0 Å². The highest BCUT2D eigenvalue weighted by Crippen LogP contribution is 2.02. The van der Waals surface area contributed by atoms with Gasteiger partial charge in [0.15, 0.2) is 0 Å². The maximum atomic E-state index is 9.29. The maximum absolute atomic E-state index is 9.29. The molecule has 16 heavy (non-hydrogen) atoms. The number of pyridine rings is 1. The molecule has 5 N–H and O–H groups in total. The standard InChI is InChI=1S/C11H18N4O/c1-2-3-4-5-6-14-9-7-10(12)15(16)11(13)8-9/h3-4,7-8,16H,2,5-6,12-13H2,1H3. The molecule has 0 radical (unpaired) electrons. The molecule has 0 saturated carbocycles. The van der Waals surface area contributed by atoms with Crippen LogP contribution >= 0.6 is 0 Å². The molecule has 1 rings (SSSR count). The Labute approximate surface area is 94.7 Å². The molecule has 0 saturated heterocycles. The number of anilines is 2. The summed E-state index contributed by atoms with van der Waals surface area (Å²) in [5.41, 5.74) is 11.1. The van der Waals surface area contributed by atoms with E-state index in [-0.39, 0.29) is 11.6 Å². The van der Waals surface area contributed by atoms with Crippen LogP contribution in [0.2, 0.25) is 0 Å². The number of hydrogen-bond acceptors (Lipinski definition) is 4. The molecule has 0 fully saturated rings. The highest BCUT2D eigenvalue weighted by atomic mass is 16.5. The smallest absolute Gasteiger partial charge is 0.144 e. The van der Waals surface area contributed by atoms with E-state index in [1.165, 1.54) is 0 Å². The second-order valence-electron chi connectivity index (χ2n) is 3.43. The first kappa shape index (κ1) is 12.2. The van der Waals surface area contributed by atoms with E-state index in [4.69, 9.17) is 11.5 Å². The molecule has 0 amide bonds. The second kappa shape index (κ2) is 5.85. The van der Waals surface area contributed by atoms with Gasteiger partial charge in [0.25, 0.3) is 0 Å². The van der Waals surface area contributed by atoms with Crippen molar-refractivity contribution in [1.29, 1.82) is 0 Å². The van der Waals surface area contributed by atoms with E-state index >= 15 is 0 Å². The van der Waals surface area contributed by atoms with Crippen molar-refractivity contribution in [3.8, 4) is 0 Å². The Morgan fingerprint density at radius 1 is 1.31 bits per heavy atom. The monoisotopic (exact) mass is 222 g/mol. The first-order chi connectivity index (χ1) is 7.65. The van der Waals surface area contributed by atoms with Gasteiger partial charge < -0.3 is 16.7 Å². The molecule has 0 aromatic carbocycles. The molecule has 0 bridgehead atoms. The number of rotatable bonds is 4. The molecule has 1 aromatic heterocycles. The minimum absolute atomic E-state index is 0.183. The van der Waals surface area contributed by atoms with Gasteiger partial charge in [0, 0.05) is 18.7 Å². The van der Waals surface area contributed by atoms with Gasteiger partial charge in [-0.1, -0.05) is 19.1 Å². The predicted molar refractivity (Wildman–Crippen MR) is 64.9 cm³/mol. The molecule has 0 spiro atoms. The van der Waals surface area contributed by atoms with Gasteiger partial charge in [-0.3, -0.25) is 4.99 Å². The summed E-state index contributed by atoms with van der Waals surface area (Å²) in [5.74, 6) is 0.366. The summed E-state index contributed by atoms with van der Waals surface area (Å²) in [6.45, 7) is 2.77. The van der Waals surface area contributed by atoms with Gasteiger partial charge >= 0.3 is 0 Å². The third kappa shape index (κ3) is 3.34. The Bertz CT molecular complexity index is 408. The number of allylic oxidation sites excluding steroid dienone is 1. The van der Waals surface area contributed by atoms with Crippen LogP contribution in [0, 0.1) is 0 Å². The minimum atomic E-state index is 0.183. The zero-order valence-electron chi connectivity index (χ0n) is 9.43. The Balaban J connectivity index is 2.73. The topological polar surface area (TPSA) is 89.6 Å². The SMILES string of the molecule is CCC=CCCN=c1cc(N)n(O)c(N)c1. The summed E-state index contributed by atoms with van der Waals surface area (Å²) in [6, 6.07) is 3.17. The van der Waals surface area contributed by atoms with Gasteiger partial charge in [0.05, 0.1) is 5.36 Å². The third-order valence-corrected chi connectivity index (χ3v) is 2.07. The zero-order valence-corrected chi connectivity index (χ0v) is 9.43. The number of nitrogen functional groups attached to an aromatic ring is 2. The zero-order chi connectivity index (χ0) is 12.0. The number of nitrogens with zero attached hydrogens (tertiary/aromatic N) is 2. The Morgan fingerprint density at radius 2 is 1.94 bits per heavy atom.